The molecule has 0 radical (unpaired) electrons. The molecule has 1 atom stereocenters. The molecule has 1 aromatic rings. The second-order valence-electron chi connectivity index (χ2n) is 4.71. The summed E-state index contributed by atoms with van der Waals surface area (Å²) in [5.74, 6) is 0.342. The van der Waals surface area contributed by atoms with Gasteiger partial charge in [-0.2, -0.15) is 5.10 Å². The Labute approximate surface area is 115 Å². The van der Waals surface area contributed by atoms with Gasteiger partial charge in [0, 0.05) is 18.8 Å². The van der Waals surface area contributed by atoms with Crippen LogP contribution in [0.3, 0.4) is 0 Å². The molecule has 0 amide bonds. The van der Waals surface area contributed by atoms with Crippen LogP contribution in [0.1, 0.15) is 33.6 Å². The summed E-state index contributed by atoms with van der Waals surface area (Å²) in [6.07, 6.45) is 4.77. The molecule has 19 heavy (non-hydrogen) atoms. The minimum absolute atomic E-state index is 0.0853. The third-order valence-corrected chi connectivity index (χ3v) is 4.89. The molecule has 0 fully saturated rings. The average Bonchev–Trinajstić information content (AvgIpc) is 2.80. The first-order valence-corrected chi connectivity index (χ1v) is 8.17. The molecule has 0 spiro atoms. The molecule has 110 valence electrons. The van der Waals surface area contributed by atoms with Crippen molar-refractivity contribution in [2.24, 2.45) is 11.7 Å². The van der Waals surface area contributed by atoms with E-state index in [1.807, 2.05) is 6.92 Å². The van der Waals surface area contributed by atoms with Gasteiger partial charge < -0.3 is 5.73 Å². The lowest BCUT2D eigenvalue weighted by Crippen LogP contribution is -2.37. The van der Waals surface area contributed by atoms with Gasteiger partial charge in [0.05, 0.1) is 12.7 Å². The highest BCUT2D eigenvalue weighted by molar-refractivity contribution is 7.89. The van der Waals surface area contributed by atoms with Gasteiger partial charge in [-0.25, -0.2) is 13.1 Å². The van der Waals surface area contributed by atoms with Crippen LogP contribution in [0.2, 0.25) is 0 Å². The normalized spacial score (nSPS) is 13.9. The van der Waals surface area contributed by atoms with Crippen molar-refractivity contribution in [1.29, 1.82) is 0 Å². The number of nitrogens with zero attached hydrogens (tertiary/aromatic N) is 2. The van der Waals surface area contributed by atoms with E-state index in [0.29, 0.717) is 19.0 Å². The van der Waals surface area contributed by atoms with Gasteiger partial charge in [-0.3, -0.25) is 4.68 Å². The van der Waals surface area contributed by atoms with E-state index in [-0.39, 0.29) is 10.9 Å². The summed E-state index contributed by atoms with van der Waals surface area (Å²) in [7, 11) is -3.50. The molecule has 0 saturated carbocycles. The van der Waals surface area contributed by atoms with Crippen LogP contribution in [0.5, 0.6) is 0 Å². The van der Waals surface area contributed by atoms with Crippen molar-refractivity contribution in [1.82, 2.24) is 14.5 Å². The van der Waals surface area contributed by atoms with E-state index >= 15 is 0 Å². The van der Waals surface area contributed by atoms with E-state index in [2.05, 4.69) is 23.7 Å². The first kappa shape index (κ1) is 16.1. The Balaban J connectivity index is 2.79. The first-order valence-electron chi connectivity index (χ1n) is 6.69. The molecule has 1 rings (SSSR count). The minimum atomic E-state index is -3.50. The third-order valence-electron chi connectivity index (χ3n) is 3.37. The Morgan fingerprint density at radius 3 is 2.58 bits per heavy atom. The van der Waals surface area contributed by atoms with Crippen LogP contribution in [0.25, 0.3) is 0 Å². The highest BCUT2D eigenvalue weighted by atomic mass is 32.2. The lowest BCUT2D eigenvalue weighted by atomic mass is 9.96. The fourth-order valence-electron chi connectivity index (χ4n) is 2.14. The van der Waals surface area contributed by atoms with Crippen LogP contribution in [0, 0.1) is 5.92 Å². The maximum atomic E-state index is 12.2. The van der Waals surface area contributed by atoms with Crippen molar-refractivity contribution in [3.63, 3.8) is 0 Å². The molecular formula is C12H24N4O2S. The molecule has 0 aromatic carbocycles. The number of sulfonamides is 1. The number of hydrogen-bond donors (Lipinski definition) is 2. The highest BCUT2D eigenvalue weighted by Gasteiger charge is 2.22. The van der Waals surface area contributed by atoms with E-state index in [4.69, 9.17) is 5.73 Å². The summed E-state index contributed by atoms with van der Waals surface area (Å²) < 4.78 is 28.7. The fourth-order valence-corrected chi connectivity index (χ4v) is 3.41. The molecule has 6 nitrogen and oxygen atoms in total. The van der Waals surface area contributed by atoms with Crippen LogP contribution in [0.15, 0.2) is 17.3 Å². The maximum Gasteiger partial charge on any atom is 0.243 e. The SMILES string of the molecule is CCC(CC)C(C)NS(=O)(=O)c1cnn(CCN)c1. The Bertz CT molecular complexity index is 480. The van der Waals surface area contributed by atoms with E-state index in [1.165, 1.54) is 17.1 Å². The molecule has 0 bridgehead atoms. The Hall–Kier alpha value is -0.920. The maximum absolute atomic E-state index is 12.2. The minimum Gasteiger partial charge on any atom is -0.329 e. The van der Waals surface area contributed by atoms with Gasteiger partial charge in [-0.15, -0.1) is 0 Å². The lowest BCUT2D eigenvalue weighted by Gasteiger charge is -2.21. The molecular weight excluding hydrogens is 264 g/mol. The van der Waals surface area contributed by atoms with Gasteiger partial charge in [0.1, 0.15) is 4.90 Å². The van der Waals surface area contributed by atoms with Crippen molar-refractivity contribution in [2.45, 2.75) is 51.1 Å². The fraction of sp³-hybridized carbons (Fsp3) is 0.750. The lowest BCUT2D eigenvalue weighted by molar-refractivity contribution is 0.390. The van der Waals surface area contributed by atoms with Crippen LogP contribution in [-0.4, -0.2) is 30.8 Å². The van der Waals surface area contributed by atoms with Gasteiger partial charge >= 0.3 is 0 Å². The molecule has 7 heteroatoms. The number of nitrogens with one attached hydrogen (secondary N) is 1. The van der Waals surface area contributed by atoms with Gasteiger partial charge in [0.25, 0.3) is 0 Å². The zero-order chi connectivity index (χ0) is 14.5. The third kappa shape index (κ3) is 4.29. The van der Waals surface area contributed by atoms with Crippen molar-refractivity contribution in [3.05, 3.63) is 12.4 Å². The molecule has 3 N–H and O–H groups in total. The highest BCUT2D eigenvalue weighted by Crippen LogP contribution is 2.16. The van der Waals surface area contributed by atoms with Crippen molar-refractivity contribution in [3.8, 4) is 0 Å². The summed E-state index contributed by atoms with van der Waals surface area (Å²) in [4.78, 5) is 0.193. The van der Waals surface area contributed by atoms with Crippen molar-refractivity contribution < 1.29 is 8.42 Å². The standard InChI is InChI=1S/C12H24N4O2S/c1-4-11(5-2)10(3)15-19(17,18)12-8-14-16(9-12)7-6-13/h8-11,15H,4-7,13H2,1-3H3. The van der Waals surface area contributed by atoms with Crippen LogP contribution in [0.4, 0.5) is 0 Å². The van der Waals surface area contributed by atoms with Gasteiger partial charge in [-0.05, 0) is 12.8 Å². The van der Waals surface area contributed by atoms with Crippen molar-refractivity contribution in [2.75, 3.05) is 6.54 Å². The Morgan fingerprint density at radius 2 is 2.05 bits per heavy atom. The average molecular weight is 288 g/mol. The summed E-state index contributed by atoms with van der Waals surface area (Å²) in [5.41, 5.74) is 5.41. The zero-order valence-electron chi connectivity index (χ0n) is 11.8. The van der Waals surface area contributed by atoms with Gasteiger partial charge in [-0.1, -0.05) is 26.7 Å². The van der Waals surface area contributed by atoms with E-state index in [1.54, 1.807) is 0 Å². The largest absolute Gasteiger partial charge is 0.329 e. The van der Waals surface area contributed by atoms with E-state index < -0.39 is 10.0 Å². The molecule has 0 aliphatic heterocycles. The van der Waals surface area contributed by atoms with Crippen molar-refractivity contribution >= 4 is 10.0 Å². The number of hydrogen-bond acceptors (Lipinski definition) is 4. The quantitative estimate of drug-likeness (QED) is 0.745. The predicted molar refractivity (Wildman–Crippen MR) is 75.1 cm³/mol. The smallest absolute Gasteiger partial charge is 0.243 e. The Morgan fingerprint density at radius 1 is 1.42 bits per heavy atom. The second kappa shape index (κ2) is 7.02. The molecule has 0 saturated heterocycles. The van der Waals surface area contributed by atoms with Gasteiger partial charge in [0.15, 0.2) is 0 Å². The van der Waals surface area contributed by atoms with Gasteiger partial charge in [0.2, 0.25) is 10.0 Å². The Kier molecular flexibility index (Phi) is 5.96. The first-order chi connectivity index (χ1) is 8.94. The van der Waals surface area contributed by atoms with E-state index in [9.17, 15) is 8.42 Å². The van der Waals surface area contributed by atoms with E-state index in [0.717, 1.165) is 12.8 Å². The van der Waals surface area contributed by atoms with Crippen LogP contribution in [-0.2, 0) is 16.6 Å². The molecule has 1 aromatic heterocycles. The van der Waals surface area contributed by atoms with Crippen LogP contribution < -0.4 is 10.5 Å². The number of nitrogens with two attached hydrogens (primary N) is 1. The molecule has 0 aliphatic rings. The number of aromatic nitrogens is 2. The molecule has 1 unspecified atom stereocenters. The second-order valence-corrected chi connectivity index (χ2v) is 6.43. The number of rotatable bonds is 8. The monoisotopic (exact) mass is 288 g/mol. The zero-order valence-corrected chi connectivity index (χ0v) is 12.7. The molecule has 1 heterocycles. The summed E-state index contributed by atoms with van der Waals surface area (Å²) in [6.45, 7) is 6.98. The molecule has 0 aliphatic carbocycles. The summed E-state index contributed by atoms with van der Waals surface area (Å²) in [5, 5.41) is 3.98. The summed E-state index contributed by atoms with van der Waals surface area (Å²) in [6, 6.07) is -0.0853. The topological polar surface area (TPSA) is 90.0 Å². The summed E-state index contributed by atoms with van der Waals surface area (Å²) >= 11 is 0. The predicted octanol–water partition coefficient (Wildman–Crippen LogP) is 0.945. The van der Waals surface area contributed by atoms with Crippen LogP contribution >= 0.6 is 0 Å².